The van der Waals surface area contributed by atoms with Crippen LogP contribution in [-0.4, -0.2) is 41.5 Å². The number of hydrogen-bond donors (Lipinski definition) is 0. The maximum atomic E-state index is 14.2. The van der Waals surface area contributed by atoms with Gasteiger partial charge in [-0.3, -0.25) is 14.5 Å². The number of para-hydroxylation sites is 2. The highest BCUT2D eigenvalue weighted by Crippen LogP contribution is 2.42. The van der Waals surface area contributed by atoms with E-state index in [9.17, 15) is 9.59 Å². The Bertz CT molecular complexity index is 1240. The summed E-state index contributed by atoms with van der Waals surface area (Å²) in [5.74, 6) is 1.48. The maximum Gasteiger partial charge on any atom is 0.247 e. The number of ether oxygens (including phenoxy) is 1. The van der Waals surface area contributed by atoms with Crippen LogP contribution in [0.15, 0.2) is 66.9 Å². The van der Waals surface area contributed by atoms with Crippen LogP contribution >= 0.6 is 0 Å². The first kappa shape index (κ1) is 26.1. The zero-order valence-corrected chi connectivity index (χ0v) is 22.6. The van der Waals surface area contributed by atoms with Gasteiger partial charge in [0.2, 0.25) is 11.8 Å². The Kier molecular flexibility index (Phi) is 8.16. The largest absolute Gasteiger partial charge is 0.497 e. The molecular formula is C32H39N3O3. The van der Waals surface area contributed by atoms with Gasteiger partial charge in [-0.05, 0) is 60.7 Å². The van der Waals surface area contributed by atoms with E-state index in [-0.39, 0.29) is 24.4 Å². The maximum absolute atomic E-state index is 14.2. The molecule has 2 amide bonds. The third-order valence-corrected chi connectivity index (χ3v) is 8.12. The second kappa shape index (κ2) is 11.9. The molecule has 0 N–H and O–H groups in total. The number of aromatic nitrogens is 1. The Hall–Kier alpha value is -3.54. The van der Waals surface area contributed by atoms with Gasteiger partial charge in [-0.2, -0.15) is 0 Å². The van der Waals surface area contributed by atoms with Gasteiger partial charge in [0, 0.05) is 19.2 Å². The summed E-state index contributed by atoms with van der Waals surface area (Å²) in [6.45, 7) is 2.83. The van der Waals surface area contributed by atoms with Crippen molar-refractivity contribution in [2.24, 2.45) is 5.92 Å². The molecule has 0 bridgehead atoms. The number of fused-ring (bicyclic) bond motifs is 3. The highest BCUT2D eigenvalue weighted by molar-refractivity contribution is 6.00. The highest BCUT2D eigenvalue weighted by Gasteiger charge is 2.37. The van der Waals surface area contributed by atoms with Crippen LogP contribution in [-0.2, 0) is 9.59 Å². The summed E-state index contributed by atoms with van der Waals surface area (Å²) in [5, 5.41) is 0. The first-order chi connectivity index (χ1) is 18.6. The lowest BCUT2D eigenvalue weighted by molar-refractivity contribution is -0.135. The van der Waals surface area contributed by atoms with Crippen LogP contribution in [0.5, 0.6) is 5.75 Å². The number of anilines is 1. The summed E-state index contributed by atoms with van der Waals surface area (Å²) in [4.78, 5) is 31.3. The summed E-state index contributed by atoms with van der Waals surface area (Å²) in [5.41, 5.74) is 3.85. The Labute approximate surface area is 226 Å². The van der Waals surface area contributed by atoms with E-state index >= 15 is 0 Å². The SMILES string of the molecule is CCCCN(CC(=O)N1c2ccccc2-n2cccc2C1c1ccc(OC)cc1)C(=O)CCC1CCCC1. The third-order valence-electron chi connectivity index (χ3n) is 8.12. The lowest BCUT2D eigenvalue weighted by Gasteiger charge is -2.39. The molecule has 2 heterocycles. The number of hydrogen-bond acceptors (Lipinski definition) is 3. The fourth-order valence-corrected chi connectivity index (χ4v) is 6.03. The van der Waals surface area contributed by atoms with Crippen LogP contribution in [0.25, 0.3) is 5.69 Å². The van der Waals surface area contributed by atoms with Crippen molar-refractivity contribution in [2.45, 2.75) is 64.3 Å². The lowest BCUT2D eigenvalue weighted by atomic mass is 9.97. The van der Waals surface area contributed by atoms with Gasteiger partial charge in [0.15, 0.2) is 0 Å². The lowest BCUT2D eigenvalue weighted by Crippen LogP contribution is -2.47. The van der Waals surface area contributed by atoms with Crippen molar-refractivity contribution in [3.63, 3.8) is 0 Å². The second-order valence-electron chi connectivity index (χ2n) is 10.6. The molecule has 1 aromatic heterocycles. The summed E-state index contributed by atoms with van der Waals surface area (Å²) in [6, 6.07) is 19.7. The standard InChI is InChI=1S/C32H39N3O3/c1-3-4-21-33(30(36)20-15-24-10-5-6-11-24)23-31(37)35-28-13-8-7-12-27(28)34-22-9-14-29(34)32(35)25-16-18-26(38-2)19-17-25/h7-9,12-14,16-19,22,24,32H,3-6,10-11,15,20-21,23H2,1-2H3. The van der Waals surface area contributed by atoms with E-state index in [1.807, 2.05) is 70.6 Å². The number of carbonyl (C=O) groups is 2. The van der Waals surface area contributed by atoms with Gasteiger partial charge in [0.25, 0.3) is 0 Å². The van der Waals surface area contributed by atoms with Gasteiger partial charge < -0.3 is 14.2 Å². The number of unbranched alkanes of at least 4 members (excludes halogenated alkanes) is 1. The molecule has 6 nitrogen and oxygen atoms in total. The molecule has 0 saturated heterocycles. The first-order valence-corrected chi connectivity index (χ1v) is 14.1. The van der Waals surface area contributed by atoms with Gasteiger partial charge in [0.1, 0.15) is 18.3 Å². The minimum Gasteiger partial charge on any atom is -0.497 e. The zero-order chi connectivity index (χ0) is 26.5. The summed E-state index contributed by atoms with van der Waals surface area (Å²) in [6.07, 6.45) is 10.4. The number of amides is 2. The minimum atomic E-state index is -0.306. The molecule has 1 saturated carbocycles. The molecule has 2 aliphatic rings. The number of benzene rings is 2. The Balaban J connectivity index is 1.46. The third kappa shape index (κ3) is 5.35. The molecule has 5 rings (SSSR count). The van der Waals surface area contributed by atoms with Crippen LogP contribution in [0.2, 0.25) is 0 Å². The van der Waals surface area contributed by atoms with Gasteiger partial charge in [-0.25, -0.2) is 0 Å². The van der Waals surface area contributed by atoms with Crippen molar-refractivity contribution in [3.05, 3.63) is 78.1 Å². The molecule has 1 atom stereocenters. The number of methoxy groups -OCH3 is 1. The van der Waals surface area contributed by atoms with Gasteiger partial charge in [-0.15, -0.1) is 0 Å². The predicted molar refractivity (Wildman–Crippen MR) is 151 cm³/mol. The van der Waals surface area contributed by atoms with E-state index in [1.165, 1.54) is 25.7 Å². The molecule has 1 fully saturated rings. The predicted octanol–water partition coefficient (Wildman–Crippen LogP) is 6.52. The Morgan fingerprint density at radius 3 is 2.42 bits per heavy atom. The van der Waals surface area contributed by atoms with Crippen molar-refractivity contribution in [1.82, 2.24) is 9.47 Å². The molecule has 3 aromatic rings. The fourth-order valence-electron chi connectivity index (χ4n) is 6.03. The van der Waals surface area contributed by atoms with E-state index in [2.05, 4.69) is 17.6 Å². The average Bonchev–Trinajstić information content (AvgIpc) is 3.66. The van der Waals surface area contributed by atoms with Crippen molar-refractivity contribution < 1.29 is 14.3 Å². The van der Waals surface area contributed by atoms with E-state index in [0.717, 1.165) is 47.6 Å². The monoisotopic (exact) mass is 513 g/mol. The number of carbonyl (C=O) groups excluding carboxylic acids is 2. The Morgan fingerprint density at radius 1 is 0.974 bits per heavy atom. The van der Waals surface area contributed by atoms with E-state index in [1.54, 1.807) is 7.11 Å². The molecule has 0 radical (unpaired) electrons. The van der Waals surface area contributed by atoms with Crippen LogP contribution < -0.4 is 9.64 Å². The fraction of sp³-hybridized carbons (Fsp3) is 0.438. The zero-order valence-electron chi connectivity index (χ0n) is 22.6. The number of nitrogens with zero attached hydrogens (tertiary/aromatic N) is 3. The van der Waals surface area contributed by atoms with Crippen LogP contribution in [0, 0.1) is 5.92 Å². The molecule has 0 spiro atoms. The summed E-state index contributed by atoms with van der Waals surface area (Å²) >= 11 is 0. The smallest absolute Gasteiger partial charge is 0.247 e. The molecule has 2 aromatic carbocycles. The van der Waals surface area contributed by atoms with Crippen LogP contribution in [0.4, 0.5) is 5.69 Å². The summed E-state index contributed by atoms with van der Waals surface area (Å²) < 4.78 is 7.55. The van der Waals surface area contributed by atoms with Gasteiger partial charge >= 0.3 is 0 Å². The van der Waals surface area contributed by atoms with Crippen molar-refractivity contribution in [1.29, 1.82) is 0 Å². The van der Waals surface area contributed by atoms with Crippen molar-refractivity contribution >= 4 is 17.5 Å². The van der Waals surface area contributed by atoms with Crippen molar-refractivity contribution in [3.8, 4) is 11.4 Å². The molecular weight excluding hydrogens is 474 g/mol. The van der Waals surface area contributed by atoms with Crippen LogP contribution in [0.1, 0.15) is 75.6 Å². The highest BCUT2D eigenvalue weighted by atomic mass is 16.5. The first-order valence-electron chi connectivity index (χ1n) is 14.1. The average molecular weight is 514 g/mol. The molecule has 38 heavy (non-hydrogen) atoms. The normalized spacial score (nSPS) is 16.7. The quantitative estimate of drug-likeness (QED) is 0.310. The van der Waals surface area contributed by atoms with Crippen molar-refractivity contribution in [2.75, 3.05) is 25.1 Å². The summed E-state index contributed by atoms with van der Waals surface area (Å²) in [7, 11) is 1.65. The molecule has 1 unspecified atom stereocenters. The topological polar surface area (TPSA) is 54.8 Å². The van der Waals surface area contributed by atoms with Crippen LogP contribution in [0.3, 0.4) is 0 Å². The minimum absolute atomic E-state index is 0.0592. The molecule has 6 heteroatoms. The van der Waals surface area contributed by atoms with E-state index in [4.69, 9.17) is 4.74 Å². The van der Waals surface area contributed by atoms with E-state index < -0.39 is 0 Å². The Morgan fingerprint density at radius 2 is 1.71 bits per heavy atom. The number of rotatable bonds is 10. The van der Waals surface area contributed by atoms with Gasteiger partial charge in [0.05, 0.1) is 24.2 Å². The van der Waals surface area contributed by atoms with E-state index in [0.29, 0.717) is 18.9 Å². The molecule has 1 aliphatic carbocycles. The molecule has 1 aliphatic heterocycles. The van der Waals surface area contributed by atoms with Gasteiger partial charge in [-0.1, -0.05) is 63.3 Å². The second-order valence-corrected chi connectivity index (χ2v) is 10.6. The molecule has 200 valence electrons.